The van der Waals surface area contributed by atoms with E-state index < -0.39 is 0 Å². The second-order valence-corrected chi connectivity index (χ2v) is 6.98. The Bertz CT molecular complexity index is 706. The van der Waals surface area contributed by atoms with Crippen molar-refractivity contribution in [2.24, 2.45) is 4.99 Å². The zero-order valence-electron chi connectivity index (χ0n) is 11.2. The molecule has 1 aliphatic rings. The number of aliphatic imine (C=N–C) groups is 1. The van der Waals surface area contributed by atoms with Crippen molar-refractivity contribution in [3.8, 4) is 0 Å². The zero-order valence-corrected chi connectivity index (χ0v) is 13.6. The third-order valence-corrected chi connectivity index (χ3v) is 5.64. The van der Waals surface area contributed by atoms with Gasteiger partial charge in [0.25, 0.3) is 0 Å². The van der Waals surface area contributed by atoms with E-state index in [9.17, 15) is 4.79 Å². The van der Waals surface area contributed by atoms with Gasteiger partial charge < -0.3 is 4.90 Å². The maximum Gasteiger partial charge on any atom is 0.249 e. The lowest BCUT2D eigenvalue weighted by atomic mass is 10.0. The standard InChI is InChI=1S/C15H13BrN2OS/c1-9-12-13(10-6-4-3-5-7-10)17-8-11(19)18(2)15(12)20-14(9)16/h3-7H,8H2,1-2H3. The lowest BCUT2D eigenvalue weighted by molar-refractivity contribution is -0.116. The number of nitrogens with zero attached hydrogens (tertiary/aromatic N) is 2. The van der Waals surface area contributed by atoms with Gasteiger partial charge in [0.2, 0.25) is 5.91 Å². The van der Waals surface area contributed by atoms with Crippen molar-refractivity contribution in [2.75, 3.05) is 18.5 Å². The minimum absolute atomic E-state index is 0.0194. The minimum atomic E-state index is 0.0194. The van der Waals surface area contributed by atoms with E-state index in [4.69, 9.17) is 0 Å². The molecule has 2 aromatic rings. The Morgan fingerprint density at radius 2 is 2.00 bits per heavy atom. The number of hydrogen-bond acceptors (Lipinski definition) is 3. The number of rotatable bonds is 1. The van der Waals surface area contributed by atoms with Crippen molar-refractivity contribution >= 4 is 43.9 Å². The molecule has 2 heterocycles. The number of thiophene rings is 1. The Labute approximate surface area is 130 Å². The van der Waals surface area contributed by atoms with Crippen LogP contribution in [0.4, 0.5) is 5.00 Å². The molecule has 0 bridgehead atoms. The van der Waals surface area contributed by atoms with E-state index in [2.05, 4.69) is 27.8 Å². The number of carbonyl (C=O) groups is 1. The van der Waals surface area contributed by atoms with Crippen LogP contribution in [0.1, 0.15) is 16.7 Å². The molecule has 0 saturated carbocycles. The molecule has 3 rings (SSSR count). The highest BCUT2D eigenvalue weighted by atomic mass is 79.9. The van der Waals surface area contributed by atoms with Crippen LogP contribution in [0.2, 0.25) is 0 Å². The van der Waals surface area contributed by atoms with E-state index in [1.807, 2.05) is 37.4 Å². The maximum absolute atomic E-state index is 12.1. The molecular weight excluding hydrogens is 336 g/mol. The van der Waals surface area contributed by atoms with Gasteiger partial charge in [0, 0.05) is 18.2 Å². The molecule has 0 N–H and O–H groups in total. The Morgan fingerprint density at radius 3 is 2.70 bits per heavy atom. The molecule has 20 heavy (non-hydrogen) atoms. The van der Waals surface area contributed by atoms with Gasteiger partial charge in [-0.15, -0.1) is 11.3 Å². The molecule has 1 aromatic carbocycles. The molecule has 1 amide bonds. The smallest absolute Gasteiger partial charge is 0.249 e. The summed E-state index contributed by atoms with van der Waals surface area (Å²) in [5.41, 5.74) is 4.14. The monoisotopic (exact) mass is 348 g/mol. The van der Waals surface area contributed by atoms with Gasteiger partial charge in [0.15, 0.2) is 0 Å². The van der Waals surface area contributed by atoms with Crippen LogP contribution in [0.5, 0.6) is 0 Å². The average Bonchev–Trinajstić information content (AvgIpc) is 2.69. The van der Waals surface area contributed by atoms with Crippen molar-refractivity contribution in [3.05, 3.63) is 50.8 Å². The van der Waals surface area contributed by atoms with Crippen molar-refractivity contribution < 1.29 is 4.79 Å². The zero-order chi connectivity index (χ0) is 14.3. The van der Waals surface area contributed by atoms with Gasteiger partial charge >= 0.3 is 0 Å². The lowest BCUT2D eigenvalue weighted by Gasteiger charge is -2.14. The first-order chi connectivity index (χ1) is 9.59. The first kappa shape index (κ1) is 13.5. The summed E-state index contributed by atoms with van der Waals surface area (Å²) in [6.07, 6.45) is 0. The van der Waals surface area contributed by atoms with Crippen LogP contribution in [-0.2, 0) is 4.79 Å². The first-order valence-electron chi connectivity index (χ1n) is 6.25. The first-order valence-corrected chi connectivity index (χ1v) is 7.86. The average molecular weight is 349 g/mol. The highest BCUT2D eigenvalue weighted by Crippen LogP contribution is 2.41. The second-order valence-electron chi connectivity index (χ2n) is 4.66. The molecule has 0 fully saturated rings. The van der Waals surface area contributed by atoms with Crippen molar-refractivity contribution in [3.63, 3.8) is 0 Å². The molecule has 1 aliphatic heterocycles. The number of hydrogen-bond donors (Lipinski definition) is 0. The molecule has 0 spiro atoms. The number of benzene rings is 1. The summed E-state index contributed by atoms with van der Waals surface area (Å²) in [4.78, 5) is 18.3. The summed E-state index contributed by atoms with van der Waals surface area (Å²) in [5.74, 6) is 0.0194. The van der Waals surface area contributed by atoms with Crippen LogP contribution in [0.15, 0.2) is 39.1 Å². The number of anilines is 1. The largest absolute Gasteiger partial charge is 0.305 e. The maximum atomic E-state index is 12.1. The molecule has 1 aromatic heterocycles. The summed E-state index contributed by atoms with van der Waals surface area (Å²) >= 11 is 5.16. The van der Waals surface area contributed by atoms with Crippen LogP contribution < -0.4 is 4.90 Å². The number of amides is 1. The van der Waals surface area contributed by atoms with E-state index in [1.54, 1.807) is 16.2 Å². The number of carbonyl (C=O) groups excluding carboxylic acids is 1. The van der Waals surface area contributed by atoms with E-state index in [0.29, 0.717) is 0 Å². The Morgan fingerprint density at radius 1 is 1.30 bits per heavy atom. The molecule has 0 aliphatic carbocycles. The Hall–Kier alpha value is -1.46. The van der Waals surface area contributed by atoms with Gasteiger partial charge in [-0.1, -0.05) is 30.3 Å². The molecule has 0 unspecified atom stereocenters. The van der Waals surface area contributed by atoms with E-state index >= 15 is 0 Å². The van der Waals surface area contributed by atoms with Crippen molar-refractivity contribution in [1.29, 1.82) is 0 Å². The predicted octanol–water partition coefficient (Wildman–Crippen LogP) is 3.63. The third kappa shape index (κ3) is 2.11. The highest BCUT2D eigenvalue weighted by molar-refractivity contribution is 9.11. The molecule has 0 atom stereocenters. The van der Waals surface area contributed by atoms with Crippen molar-refractivity contribution in [1.82, 2.24) is 0 Å². The molecule has 102 valence electrons. The Balaban J connectivity index is 2.26. The minimum Gasteiger partial charge on any atom is -0.305 e. The molecule has 0 saturated heterocycles. The summed E-state index contributed by atoms with van der Waals surface area (Å²) < 4.78 is 1.05. The third-order valence-electron chi connectivity index (χ3n) is 3.41. The Kier molecular flexibility index (Phi) is 3.48. The lowest BCUT2D eigenvalue weighted by Crippen LogP contribution is -2.26. The highest BCUT2D eigenvalue weighted by Gasteiger charge is 2.27. The summed E-state index contributed by atoms with van der Waals surface area (Å²) in [6.45, 7) is 2.25. The quantitative estimate of drug-likeness (QED) is 0.774. The number of likely N-dealkylation sites (N-methyl/N-ethyl adjacent to an activating group) is 1. The van der Waals surface area contributed by atoms with Crippen LogP contribution in [0, 0.1) is 6.92 Å². The fraction of sp³-hybridized carbons (Fsp3) is 0.200. The summed E-state index contributed by atoms with van der Waals surface area (Å²) in [7, 11) is 1.81. The topological polar surface area (TPSA) is 32.7 Å². The van der Waals surface area contributed by atoms with Crippen LogP contribution >= 0.6 is 27.3 Å². The summed E-state index contributed by atoms with van der Waals surface area (Å²) in [6, 6.07) is 10.0. The van der Waals surface area contributed by atoms with Crippen LogP contribution in [-0.4, -0.2) is 25.2 Å². The number of fused-ring (bicyclic) bond motifs is 1. The van der Waals surface area contributed by atoms with Crippen LogP contribution in [0.25, 0.3) is 0 Å². The van der Waals surface area contributed by atoms with Gasteiger partial charge in [0.05, 0.1) is 9.50 Å². The normalized spacial score (nSPS) is 14.8. The molecule has 5 heteroatoms. The fourth-order valence-corrected chi connectivity index (χ4v) is 3.94. The van der Waals surface area contributed by atoms with E-state index in [0.717, 1.165) is 31.2 Å². The molecule has 0 radical (unpaired) electrons. The number of halogens is 1. The van der Waals surface area contributed by atoms with E-state index in [1.165, 1.54) is 0 Å². The fourth-order valence-electron chi connectivity index (χ4n) is 2.26. The van der Waals surface area contributed by atoms with E-state index in [-0.39, 0.29) is 12.5 Å². The van der Waals surface area contributed by atoms with Gasteiger partial charge in [-0.2, -0.15) is 0 Å². The van der Waals surface area contributed by atoms with Gasteiger partial charge in [0.1, 0.15) is 11.5 Å². The second kappa shape index (κ2) is 5.14. The molecule has 3 nitrogen and oxygen atoms in total. The van der Waals surface area contributed by atoms with Crippen LogP contribution in [0.3, 0.4) is 0 Å². The SMILES string of the molecule is Cc1c(Br)sc2c1C(c1ccccc1)=NCC(=O)N2C. The predicted molar refractivity (Wildman–Crippen MR) is 87.1 cm³/mol. The van der Waals surface area contributed by atoms with Crippen molar-refractivity contribution in [2.45, 2.75) is 6.92 Å². The van der Waals surface area contributed by atoms with Gasteiger partial charge in [-0.25, -0.2) is 0 Å². The van der Waals surface area contributed by atoms with Gasteiger partial charge in [-0.05, 0) is 28.4 Å². The molecular formula is C15H13BrN2OS. The van der Waals surface area contributed by atoms with Gasteiger partial charge in [-0.3, -0.25) is 9.79 Å². The summed E-state index contributed by atoms with van der Waals surface area (Å²) in [5, 5.41) is 0.958.